The van der Waals surface area contributed by atoms with E-state index < -0.39 is 0 Å². The van der Waals surface area contributed by atoms with E-state index in [9.17, 15) is 0 Å². The molecule has 1 saturated heterocycles. The smallest absolute Gasteiger partial charge is 0.142 e. The Morgan fingerprint density at radius 3 is 2.85 bits per heavy atom. The number of hydrogen-bond acceptors (Lipinski definition) is 5. The number of aliphatic hydroxyl groups is 1. The number of hydrogen-bond donors (Lipinski definition) is 1. The normalized spacial score (nSPS) is 17.4. The first-order chi connectivity index (χ1) is 9.85. The fraction of sp³-hybridized carbons (Fsp3) is 0.467. The molecule has 0 aliphatic carbocycles. The van der Waals surface area contributed by atoms with E-state index in [-0.39, 0.29) is 0 Å². The summed E-state index contributed by atoms with van der Waals surface area (Å²) < 4.78 is 0. The Hall–Kier alpha value is -1.30. The molecule has 5 heteroatoms. The van der Waals surface area contributed by atoms with Crippen molar-refractivity contribution >= 4 is 11.3 Å². The van der Waals surface area contributed by atoms with Gasteiger partial charge in [0.15, 0.2) is 0 Å². The van der Waals surface area contributed by atoms with Crippen LogP contribution in [0.2, 0.25) is 0 Å². The minimum Gasteiger partial charge on any atom is -0.396 e. The summed E-state index contributed by atoms with van der Waals surface area (Å²) in [5.41, 5.74) is 2.07. The summed E-state index contributed by atoms with van der Waals surface area (Å²) >= 11 is 1.66. The Bertz CT molecular complexity index is 535. The summed E-state index contributed by atoms with van der Waals surface area (Å²) in [4.78, 5) is 11.4. The standard InChI is InChI=1S/C15H19N3OS/c19-10-12-4-7-18(8-5-12)9-13-11-20-15(17-13)14-3-1-2-6-16-14/h1-3,6,11-12,19H,4-5,7-10H2. The molecule has 106 valence electrons. The average Bonchev–Trinajstić information content (AvgIpc) is 2.97. The third kappa shape index (κ3) is 3.23. The molecule has 2 aromatic heterocycles. The van der Waals surface area contributed by atoms with Gasteiger partial charge in [-0.1, -0.05) is 6.07 Å². The topological polar surface area (TPSA) is 49.2 Å². The molecule has 2 aromatic rings. The van der Waals surface area contributed by atoms with Gasteiger partial charge in [0.1, 0.15) is 5.01 Å². The lowest BCUT2D eigenvalue weighted by molar-refractivity contribution is 0.126. The van der Waals surface area contributed by atoms with Gasteiger partial charge in [0.25, 0.3) is 0 Å². The lowest BCUT2D eigenvalue weighted by Crippen LogP contribution is -2.34. The lowest BCUT2D eigenvalue weighted by Gasteiger charge is -2.30. The highest BCUT2D eigenvalue weighted by Gasteiger charge is 2.19. The molecule has 1 fully saturated rings. The second-order valence-corrected chi connectivity index (χ2v) is 6.12. The van der Waals surface area contributed by atoms with Crippen molar-refractivity contribution in [2.75, 3.05) is 19.7 Å². The summed E-state index contributed by atoms with van der Waals surface area (Å²) in [5.74, 6) is 0.491. The maximum absolute atomic E-state index is 9.16. The minimum atomic E-state index is 0.328. The van der Waals surface area contributed by atoms with Crippen molar-refractivity contribution in [3.63, 3.8) is 0 Å². The largest absolute Gasteiger partial charge is 0.396 e. The number of thiazole rings is 1. The van der Waals surface area contributed by atoms with Crippen LogP contribution in [0.15, 0.2) is 29.8 Å². The van der Waals surface area contributed by atoms with Gasteiger partial charge in [0, 0.05) is 24.7 Å². The maximum Gasteiger partial charge on any atom is 0.142 e. The maximum atomic E-state index is 9.16. The van der Waals surface area contributed by atoms with Crippen molar-refractivity contribution in [1.82, 2.24) is 14.9 Å². The van der Waals surface area contributed by atoms with Crippen molar-refractivity contribution in [2.45, 2.75) is 19.4 Å². The molecule has 0 bridgehead atoms. The van der Waals surface area contributed by atoms with E-state index >= 15 is 0 Å². The Morgan fingerprint density at radius 2 is 2.15 bits per heavy atom. The zero-order chi connectivity index (χ0) is 13.8. The molecule has 20 heavy (non-hydrogen) atoms. The predicted octanol–water partition coefficient (Wildman–Crippen LogP) is 2.41. The molecule has 4 nitrogen and oxygen atoms in total. The second kappa shape index (κ2) is 6.43. The van der Waals surface area contributed by atoms with Gasteiger partial charge in [-0.3, -0.25) is 9.88 Å². The van der Waals surface area contributed by atoms with Gasteiger partial charge in [-0.2, -0.15) is 0 Å². The van der Waals surface area contributed by atoms with E-state index in [2.05, 4.69) is 20.2 Å². The van der Waals surface area contributed by atoms with Crippen LogP contribution in [0, 0.1) is 5.92 Å². The van der Waals surface area contributed by atoms with Crippen LogP contribution in [-0.4, -0.2) is 39.7 Å². The van der Waals surface area contributed by atoms with Crippen molar-refractivity contribution in [1.29, 1.82) is 0 Å². The van der Waals surface area contributed by atoms with E-state index in [1.807, 2.05) is 18.2 Å². The number of pyridine rings is 1. The minimum absolute atomic E-state index is 0.328. The molecular formula is C15H19N3OS. The Labute approximate surface area is 123 Å². The summed E-state index contributed by atoms with van der Waals surface area (Å²) in [5, 5.41) is 12.3. The zero-order valence-electron chi connectivity index (χ0n) is 11.4. The van der Waals surface area contributed by atoms with Gasteiger partial charge in [-0.25, -0.2) is 4.98 Å². The van der Waals surface area contributed by atoms with Gasteiger partial charge < -0.3 is 5.11 Å². The third-order valence-corrected chi connectivity index (χ3v) is 4.70. The quantitative estimate of drug-likeness (QED) is 0.939. The molecule has 0 saturated carbocycles. The number of rotatable bonds is 4. The number of likely N-dealkylation sites (tertiary alicyclic amines) is 1. The van der Waals surface area contributed by atoms with E-state index in [0.29, 0.717) is 12.5 Å². The van der Waals surface area contributed by atoms with Crippen LogP contribution in [0.4, 0.5) is 0 Å². The molecule has 0 amide bonds. The number of aliphatic hydroxyl groups excluding tert-OH is 1. The first-order valence-corrected chi connectivity index (χ1v) is 7.92. The monoisotopic (exact) mass is 289 g/mol. The Balaban J connectivity index is 1.61. The fourth-order valence-corrected chi connectivity index (χ4v) is 3.33. The van der Waals surface area contributed by atoms with Gasteiger partial charge in [-0.15, -0.1) is 11.3 Å². The molecule has 1 aliphatic heterocycles. The molecule has 1 N–H and O–H groups in total. The summed E-state index contributed by atoms with van der Waals surface area (Å²) in [6, 6.07) is 5.90. The van der Waals surface area contributed by atoms with Crippen LogP contribution in [0.25, 0.3) is 10.7 Å². The SMILES string of the molecule is OCC1CCN(Cc2csc(-c3ccccn3)n2)CC1. The zero-order valence-corrected chi connectivity index (χ0v) is 12.2. The van der Waals surface area contributed by atoms with Crippen molar-refractivity contribution in [3.05, 3.63) is 35.5 Å². The molecule has 0 spiro atoms. The number of piperidine rings is 1. The van der Waals surface area contributed by atoms with Crippen LogP contribution in [0.5, 0.6) is 0 Å². The molecule has 0 radical (unpaired) electrons. The van der Waals surface area contributed by atoms with Gasteiger partial charge in [-0.05, 0) is 44.0 Å². The Morgan fingerprint density at radius 1 is 1.30 bits per heavy atom. The molecule has 3 rings (SSSR count). The molecule has 0 aromatic carbocycles. The van der Waals surface area contributed by atoms with E-state index in [1.165, 1.54) is 0 Å². The molecular weight excluding hydrogens is 270 g/mol. The highest BCUT2D eigenvalue weighted by atomic mass is 32.1. The van der Waals surface area contributed by atoms with Crippen LogP contribution in [0.1, 0.15) is 18.5 Å². The second-order valence-electron chi connectivity index (χ2n) is 5.26. The van der Waals surface area contributed by atoms with Crippen molar-refractivity contribution in [2.24, 2.45) is 5.92 Å². The van der Waals surface area contributed by atoms with Crippen LogP contribution >= 0.6 is 11.3 Å². The number of nitrogens with zero attached hydrogens (tertiary/aromatic N) is 3. The molecule has 0 unspecified atom stereocenters. The first kappa shape index (κ1) is 13.7. The van der Waals surface area contributed by atoms with Gasteiger partial charge in [0.2, 0.25) is 0 Å². The van der Waals surface area contributed by atoms with E-state index in [0.717, 1.165) is 48.9 Å². The van der Waals surface area contributed by atoms with Gasteiger partial charge in [0.05, 0.1) is 11.4 Å². The summed E-state index contributed by atoms with van der Waals surface area (Å²) in [6.07, 6.45) is 3.98. The average molecular weight is 289 g/mol. The molecule has 0 atom stereocenters. The highest BCUT2D eigenvalue weighted by Crippen LogP contribution is 2.23. The predicted molar refractivity (Wildman–Crippen MR) is 80.4 cm³/mol. The summed E-state index contributed by atoms with van der Waals surface area (Å²) in [7, 11) is 0. The number of aromatic nitrogens is 2. The first-order valence-electron chi connectivity index (χ1n) is 7.04. The lowest BCUT2D eigenvalue weighted by atomic mass is 9.98. The fourth-order valence-electron chi connectivity index (χ4n) is 2.54. The highest BCUT2D eigenvalue weighted by molar-refractivity contribution is 7.13. The molecule has 1 aliphatic rings. The Kier molecular flexibility index (Phi) is 4.40. The van der Waals surface area contributed by atoms with Crippen LogP contribution in [0.3, 0.4) is 0 Å². The van der Waals surface area contributed by atoms with Crippen molar-refractivity contribution < 1.29 is 5.11 Å². The van der Waals surface area contributed by atoms with Gasteiger partial charge >= 0.3 is 0 Å². The van der Waals surface area contributed by atoms with Crippen LogP contribution in [-0.2, 0) is 6.54 Å². The van der Waals surface area contributed by atoms with E-state index in [4.69, 9.17) is 5.11 Å². The summed E-state index contributed by atoms with van der Waals surface area (Å²) in [6.45, 7) is 3.35. The van der Waals surface area contributed by atoms with Crippen molar-refractivity contribution in [3.8, 4) is 10.7 Å². The van der Waals surface area contributed by atoms with E-state index in [1.54, 1.807) is 17.5 Å². The molecule has 3 heterocycles. The van der Waals surface area contributed by atoms with Crippen LogP contribution < -0.4 is 0 Å². The third-order valence-electron chi connectivity index (χ3n) is 3.79.